The average molecular weight is 426 g/mol. The minimum absolute atomic E-state index is 0.144. The molecule has 1 aromatic carbocycles. The molecule has 3 amide bonds. The lowest BCUT2D eigenvalue weighted by atomic mass is 10.00. The van der Waals surface area contributed by atoms with Crippen LogP contribution < -0.4 is 10.6 Å². The molecule has 2 aliphatic rings. The highest BCUT2D eigenvalue weighted by Crippen LogP contribution is 2.56. The molecule has 0 aromatic heterocycles. The molecular formula is C17H17ClF5N3O2. The molecule has 0 radical (unpaired) electrons. The molecule has 1 aliphatic heterocycles. The first-order chi connectivity index (χ1) is 13.0. The number of carbonyl (C=O) groups excluding carboxylic acids is 2. The summed E-state index contributed by atoms with van der Waals surface area (Å²) in [5, 5.41) is 4.09. The second-order valence-corrected chi connectivity index (χ2v) is 7.28. The zero-order valence-corrected chi connectivity index (χ0v) is 15.4. The molecule has 28 heavy (non-hydrogen) atoms. The number of nitrogens with zero attached hydrogens (tertiary/aromatic N) is 1. The lowest BCUT2D eigenvalue weighted by molar-refractivity contribution is -0.151. The minimum atomic E-state index is -4.51. The van der Waals surface area contributed by atoms with Crippen LogP contribution in [0.15, 0.2) is 12.1 Å². The van der Waals surface area contributed by atoms with Crippen LogP contribution >= 0.6 is 11.6 Å². The zero-order valence-electron chi connectivity index (χ0n) is 14.6. The van der Waals surface area contributed by atoms with E-state index >= 15 is 0 Å². The van der Waals surface area contributed by atoms with E-state index in [1.807, 2.05) is 0 Å². The molecule has 4 atom stereocenters. The number of nitrogens with one attached hydrogen (secondary N) is 2. The number of carbonyl (C=O) groups is 2. The number of hydrogen-bond acceptors (Lipinski definition) is 2. The number of hydrogen-bond donors (Lipinski definition) is 2. The predicted octanol–water partition coefficient (Wildman–Crippen LogP) is 3.39. The maximum atomic E-state index is 14.5. The van der Waals surface area contributed by atoms with Gasteiger partial charge in [-0.25, -0.2) is 13.6 Å². The molecule has 154 valence electrons. The molecule has 3 rings (SSSR count). The second-order valence-electron chi connectivity index (χ2n) is 6.90. The molecule has 1 saturated heterocycles. The Bertz CT molecular complexity index is 804. The van der Waals surface area contributed by atoms with Gasteiger partial charge in [0.2, 0.25) is 5.91 Å². The van der Waals surface area contributed by atoms with E-state index in [4.69, 9.17) is 11.6 Å². The van der Waals surface area contributed by atoms with Crippen LogP contribution in [0.3, 0.4) is 0 Å². The average Bonchev–Trinajstić information content (AvgIpc) is 3.41. The van der Waals surface area contributed by atoms with Crippen molar-refractivity contribution in [1.29, 1.82) is 0 Å². The first-order valence-corrected chi connectivity index (χ1v) is 8.95. The van der Waals surface area contributed by atoms with Crippen LogP contribution in [0.25, 0.3) is 0 Å². The van der Waals surface area contributed by atoms with Crippen molar-refractivity contribution in [3.8, 4) is 0 Å². The van der Waals surface area contributed by atoms with Crippen LogP contribution in [0.4, 0.5) is 26.7 Å². The number of urea groups is 1. The summed E-state index contributed by atoms with van der Waals surface area (Å²) >= 11 is 5.56. The van der Waals surface area contributed by atoms with Crippen molar-refractivity contribution in [2.24, 2.45) is 11.8 Å². The molecule has 1 aromatic rings. The molecule has 1 aliphatic carbocycles. The van der Waals surface area contributed by atoms with Gasteiger partial charge in [-0.3, -0.25) is 4.79 Å². The van der Waals surface area contributed by atoms with Gasteiger partial charge in [-0.05, 0) is 25.3 Å². The molecule has 0 spiro atoms. The van der Waals surface area contributed by atoms with E-state index in [0.717, 1.165) is 17.0 Å². The topological polar surface area (TPSA) is 61.4 Å². The van der Waals surface area contributed by atoms with Crippen molar-refractivity contribution in [3.63, 3.8) is 0 Å². The molecule has 0 bridgehead atoms. The monoisotopic (exact) mass is 425 g/mol. The van der Waals surface area contributed by atoms with Crippen LogP contribution in [0, 0.1) is 23.5 Å². The van der Waals surface area contributed by atoms with Gasteiger partial charge in [-0.2, -0.15) is 13.2 Å². The highest BCUT2D eigenvalue weighted by molar-refractivity contribution is 6.31. The molecule has 1 saturated carbocycles. The summed E-state index contributed by atoms with van der Waals surface area (Å²) in [5.41, 5.74) is -0.328. The summed E-state index contributed by atoms with van der Waals surface area (Å²) in [5.74, 6) is -5.52. The third kappa shape index (κ3) is 3.87. The highest BCUT2D eigenvalue weighted by atomic mass is 35.5. The van der Waals surface area contributed by atoms with E-state index < -0.39 is 58.7 Å². The summed E-state index contributed by atoms with van der Waals surface area (Å²) in [6.07, 6.45) is -4.81. The minimum Gasteiger partial charge on any atom is -0.353 e. The highest BCUT2D eigenvalue weighted by Gasteiger charge is 2.59. The lowest BCUT2D eigenvalue weighted by Gasteiger charge is -2.34. The number of halogens is 6. The number of piperazine rings is 1. The van der Waals surface area contributed by atoms with E-state index in [9.17, 15) is 31.5 Å². The van der Waals surface area contributed by atoms with Gasteiger partial charge in [0.25, 0.3) is 0 Å². The van der Waals surface area contributed by atoms with Gasteiger partial charge in [0.1, 0.15) is 22.7 Å². The number of amides is 3. The van der Waals surface area contributed by atoms with Gasteiger partial charge in [-0.1, -0.05) is 17.7 Å². The van der Waals surface area contributed by atoms with Crippen molar-refractivity contribution in [1.82, 2.24) is 15.5 Å². The van der Waals surface area contributed by atoms with E-state index in [1.165, 1.54) is 6.92 Å². The van der Waals surface area contributed by atoms with Crippen molar-refractivity contribution in [3.05, 3.63) is 34.4 Å². The smallest absolute Gasteiger partial charge is 0.353 e. The quantitative estimate of drug-likeness (QED) is 0.576. The standard InChI is InChI=1S/C17H17ClF5N3O2/c1-7-15(27)24-4-5-26(7)16(28)25-14(9-6-10(9)17(21,22)23)8-2-3-11(19)12(18)13(8)20/h2-3,7,9-10,14H,4-6H2,1H3,(H,24,27)(H,25,28)/t7-,9?,10?,14?/m1/s1. The van der Waals surface area contributed by atoms with Crippen molar-refractivity contribution in [2.75, 3.05) is 13.1 Å². The van der Waals surface area contributed by atoms with Crippen molar-refractivity contribution >= 4 is 23.5 Å². The van der Waals surface area contributed by atoms with Crippen LogP contribution in [0.2, 0.25) is 5.02 Å². The van der Waals surface area contributed by atoms with Gasteiger partial charge in [0.15, 0.2) is 0 Å². The normalized spacial score (nSPS) is 25.9. The lowest BCUT2D eigenvalue weighted by Crippen LogP contribution is -2.58. The Balaban J connectivity index is 1.89. The zero-order chi connectivity index (χ0) is 20.8. The van der Waals surface area contributed by atoms with E-state index in [2.05, 4.69) is 10.6 Å². The maximum Gasteiger partial charge on any atom is 0.392 e. The fourth-order valence-corrected chi connectivity index (χ4v) is 3.60. The molecule has 5 nitrogen and oxygen atoms in total. The predicted molar refractivity (Wildman–Crippen MR) is 89.5 cm³/mol. The van der Waals surface area contributed by atoms with Crippen LogP contribution in [-0.4, -0.2) is 42.1 Å². The Kier molecular flexibility index (Phi) is 5.44. The molecule has 2 fully saturated rings. The van der Waals surface area contributed by atoms with Crippen molar-refractivity contribution in [2.45, 2.75) is 31.6 Å². The SMILES string of the molecule is C[C@@H]1C(=O)NCCN1C(=O)NC(c1ccc(F)c(Cl)c1F)C1CC1C(F)(F)F. The molecule has 11 heteroatoms. The summed E-state index contributed by atoms with van der Waals surface area (Å²) in [6, 6.07) is -1.20. The van der Waals surface area contributed by atoms with E-state index in [0.29, 0.717) is 0 Å². The Morgan fingerprint density at radius 3 is 2.64 bits per heavy atom. The Hall–Kier alpha value is -2.10. The van der Waals surface area contributed by atoms with Crippen LogP contribution in [0.1, 0.15) is 24.9 Å². The van der Waals surface area contributed by atoms with Crippen LogP contribution in [0.5, 0.6) is 0 Å². The second kappa shape index (κ2) is 7.38. The fraction of sp³-hybridized carbons (Fsp3) is 0.529. The number of alkyl halides is 3. The first kappa shape index (κ1) is 20.6. The molecule has 1 heterocycles. The summed E-state index contributed by atoms with van der Waals surface area (Å²) in [6.45, 7) is 1.80. The van der Waals surface area contributed by atoms with Crippen LogP contribution in [-0.2, 0) is 4.79 Å². The number of rotatable bonds is 3. The fourth-order valence-electron chi connectivity index (χ4n) is 3.43. The third-order valence-corrected chi connectivity index (χ3v) is 5.47. The Morgan fingerprint density at radius 1 is 1.36 bits per heavy atom. The Morgan fingerprint density at radius 2 is 2.04 bits per heavy atom. The van der Waals surface area contributed by atoms with Gasteiger partial charge in [0, 0.05) is 18.7 Å². The Labute approximate surface area is 162 Å². The van der Waals surface area contributed by atoms with E-state index in [1.54, 1.807) is 0 Å². The molecular weight excluding hydrogens is 409 g/mol. The van der Waals surface area contributed by atoms with Crippen molar-refractivity contribution < 1.29 is 31.5 Å². The third-order valence-electron chi connectivity index (χ3n) is 5.13. The molecule has 3 unspecified atom stereocenters. The van der Waals surface area contributed by atoms with Gasteiger partial charge < -0.3 is 15.5 Å². The van der Waals surface area contributed by atoms with Gasteiger partial charge in [0.05, 0.1) is 12.0 Å². The number of benzene rings is 1. The summed E-state index contributed by atoms with van der Waals surface area (Å²) in [4.78, 5) is 25.5. The largest absolute Gasteiger partial charge is 0.392 e. The maximum absolute atomic E-state index is 14.5. The first-order valence-electron chi connectivity index (χ1n) is 8.57. The van der Waals surface area contributed by atoms with E-state index in [-0.39, 0.29) is 25.1 Å². The van der Waals surface area contributed by atoms with Gasteiger partial charge in [-0.15, -0.1) is 0 Å². The summed E-state index contributed by atoms with van der Waals surface area (Å²) < 4.78 is 67.1. The van der Waals surface area contributed by atoms with Gasteiger partial charge >= 0.3 is 12.2 Å². The summed E-state index contributed by atoms with van der Waals surface area (Å²) in [7, 11) is 0. The molecule has 2 N–H and O–H groups in total.